The predicted molar refractivity (Wildman–Crippen MR) is 84.6 cm³/mol. The fraction of sp³-hybridized carbons (Fsp3) is 0.875. The van der Waals surface area contributed by atoms with Gasteiger partial charge in [-0.25, -0.2) is 0 Å². The third-order valence-corrected chi connectivity index (χ3v) is 6.77. The Labute approximate surface area is 130 Å². The molecule has 1 aliphatic heterocycles. The highest BCUT2D eigenvalue weighted by atomic mass is 32.2. The largest absolute Gasteiger partial charge is 0.339 e. The van der Waals surface area contributed by atoms with Crippen LogP contribution in [0.2, 0.25) is 0 Å². The fourth-order valence-corrected chi connectivity index (χ4v) is 5.81. The molecular weight excluding hydrogens is 282 g/mol. The van der Waals surface area contributed by atoms with Crippen LogP contribution >= 0.6 is 11.8 Å². The number of hydrogen-bond acceptors (Lipinski definition) is 5. The average Bonchev–Trinajstić information content (AvgIpc) is 3.26. The molecule has 0 aromatic carbocycles. The van der Waals surface area contributed by atoms with Crippen LogP contribution in [-0.2, 0) is 0 Å². The molecule has 0 spiro atoms. The summed E-state index contributed by atoms with van der Waals surface area (Å²) in [7, 11) is 0. The van der Waals surface area contributed by atoms with Gasteiger partial charge in [0, 0.05) is 23.5 Å². The molecule has 4 nitrogen and oxygen atoms in total. The Morgan fingerprint density at radius 3 is 2.95 bits per heavy atom. The van der Waals surface area contributed by atoms with Crippen LogP contribution in [-0.4, -0.2) is 34.2 Å². The minimum absolute atomic E-state index is 0.404. The molecule has 5 unspecified atom stereocenters. The van der Waals surface area contributed by atoms with Crippen LogP contribution in [0.15, 0.2) is 4.52 Å². The van der Waals surface area contributed by atoms with E-state index in [1.165, 1.54) is 32.1 Å². The molecule has 116 valence electrons. The third-order valence-electron chi connectivity index (χ3n) is 5.58. The van der Waals surface area contributed by atoms with Gasteiger partial charge < -0.3 is 9.84 Å². The molecule has 2 bridgehead atoms. The van der Waals surface area contributed by atoms with E-state index >= 15 is 0 Å². The molecule has 2 aliphatic carbocycles. The molecule has 0 radical (unpaired) electrons. The van der Waals surface area contributed by atoms with Crippen molar-refractivity contribution in [1.29, 1.82) is 0 Å². The number of nitrogens with one attached hydrogen (secondary N) is 1. The van der Waals surface area contributed by atoms with Crippen molar-refractivity contribution in [1.82, 2.24) is 15.5 Å². The quantitative estimate of drug-likeness (QED) is 0.905. The molecule has 1 saturated heterocycles. The molecule has 3 fully saturated rings. The second kappa shape index (κ2) is 5.92. The van der Waals surface area contributed by atoms with E-state index in [1.807, 2.05) is 11.8 Å². The molecule has 0 amide bonds. The highest BCUT2D eigenvalue weighted by Gasteiger charge is 2.43. The van der Waals surface area contributed by atoms with Crippen LogP contribution in [0.25, 0.3) is 0 Å². The Morgan fingerprint density at radius 1 is 1.24 bits per heavy atom. The van der Waals surface area contributed by atoms with Crippen LogP contribution in [0, 0.1) is 11.8 Å². The van der Waals surface area contributed by atoms with Gasteiger partial charge in [-0.15, -0.1) is 0 Å². The maximum absolute atomic E-state index is 5.66. The second-order valence-electron chi connectivity index (χ2n) is 6.98. The van der Waals surface area contributed by atoms with Crippen LogP contribution in [0.3, 0.4) is 0 Å². The Morgan fingerprint density at radius 2 is 2.19 bits per heavy atom. The molecule has 4 rings (SSSR count). The van der Waals surface area contributed by atoms with Crippen LogP contribution in [0.4, 0.5) is 0 Å². The number of aromatic nitrogens is 2. The van der Waals surface area contributed by atoms with Crippen LogP contribution in [0.5, 0.6) is 0 Å². The lowest BCUT2D eigenvalue weighted by atomic mass is 9.88. The van der Waals surface area contributed by atoms with Crippen molar-refractivity contribution in [2.24, 2.45) is 11.8 Å². The summed E-state index contributed by atoms with van der Waals surface area (Å²) in [6.45, 7) is 3.29. The lowest BCUT2D eigenvalue weighted by molar-refractivity contribution is 0.327. The number of rotatable bonds is 5. The summed E-state index contributed by atoms with van der Waals surface area (Å²) in [4.78, 5) is 4.82. The number of fused-ring (bicyclic) bond motifs is 2. The van der Waals surface area contributed by atoms with E-state index in [-0.39, 0.29) is 0 Å². The summed E-state index contributed by atoms with van der Waals surface area (Å²) in [5, 5.41) is 7.99. The molecule has 1 aromatic rings. The summed E-state index contributed by atoms with van der Waals surface area (Å²) < 4.78 is 5.66. The van der Waals surface area contributed by atoms with E-state index in [4.69, 9.17) is 9.51 Å². The zero-order valence-corrected chi connectivity index (χ0v) is 13.6. The molecule has 3 aliphatic rings. The van der Waals surface area contributed by atoms with E-state index in [0.29, 0.717) is 17.9 Å². The van der Waals surface area contributed by atoms with Gasteiger partial charge >= 0.3 is 0 Å². The van der Waals surface area contributed by atoms with E-state index in [2.05, 4.69) is 17.4 Å². The summed E-state index contributed by atoms with van der Waals surface area (Å²) in [6.07, 6.45) is 6.66. The SMILES string of the molecule is CCCNC1CSCC1c1nc(C2CC3CCC2C3)no1. The van der Waals surface area contributed by atoms with Crippen molar-refractivity contribution in [2.45, 2.75) is 56.9 Å². The Bertz CT molecular complexity index is 492. The summed E-state index contributed by atoms with van der Waals surface area (Å²) in [5.74, 6) is 6.90. The van der Waals surface area contributed by atoms with Crippen molar-refractivity contribution in [3.8, 4) is 0 Å². The van der Waals surface area contributed by atoms with Gasteiger partial charge in [-0.2, -0.15) is 16.7 Å². The first kappa shape index (κ1) is 14.1. The third kappa shape index (κ3) is 2.63. The fourth-order valence-electron chi connectivity index (χ4n) is 4.44. The monoisotopic (exact) mass is 307 g/mol. The Hall–Kier alpha value is -0.550. The predicted octanol–water partition coefficient (Wildman–Crippen LogP) is 3.17. The summed E-state index contributed by atoms with van der Waals surface area (Å²) in [6, 6.07) is 0.503. The lowest BCUT2D eigenvalue weighted by Gasteiger charge is -2.18. The molecule has 5 atom stereocenters. The van der Waals surface area contributed by atoms with Gasteiger partial charge in [0.25, 0.3) is 0 Å². The molecule has 2 heterocycles. The summed E-state index contributed by atoms with van der Waals surface area (Å²) in [5.41, 5.74) is 0. The maximum Gasteiger partial charge on any atom is 0.232 e. The second-order valence-corrected chi connectivity index (χ2v) is 8.05. The normalized spacial score (nSPS) is 38.4. The zero-order chi connectivity index (χ0) is 14.2. The van der Waals surface area contributed by atoms with Crippen molar-refractivity contribution in [3.05, 3.63) is 11.7 Å². The Balaban J connectivity index is 1.46. The Kier molecular flexibility index (Phi) is 3.96. The van der Waals surface area contributed by atoms with Gasteiger partial charge in [0.15, 0.2) is 5.82 Å². The van der Waals surface area contributed by atoms with Crippen molar-refractivity contribution >= 4 is 11.8 Å². The maximum atomic E-state index is 5.66. The van der Waals surface area contributed by atoms with Gasteiger partial charge in [-0.05, 0) is 44.1 Å². The van der Waals surface area contributed by atoms with Crippen molar-refractivity contribution in [2.75, 3.05) is 18.1 Å². The van der Waals surface area contributed by atoms with Crippen molar-refractivity contribution in [3.63, 3.8) is 0 Å². The number of thioether (sulfide) groups is 1. The van der Waals surface area contributed by atoms with Gasteiger partial charge in [-0.3, -0.25) is 0 Å². The van der Waals surface area contributed by atoms with E-state index in [9.17, 15) is 0 Å². The van der Waals surface area contributed by atoms with Crippen molar-refractivity contribution < 1.29 is 4.52 Å². The summed E-state index contributed by atoms with van der Waals surface area (Å²) >= 11 is 2.00. The standard InChI is InChI=1S/C16H25N3OS/c1-2-5-17-14-9-21-8-13(14)16-18-15(19-20-16)12-7-10-3-4-11(12)6-10/h10-14,17H,2-9H2,1H3. The van der Waals surface area contributed by atoms with Crippen LogP contribution < -0.4 is 5.32 Å². The van der Waals surface area contributed by atoms with Crippen LogP contribution in [0.1, 0.15) is 62.6 Å². The molecule has 1 aromatic heterocycles. The first-order chi connectivity index (χ1) is 10.3. The minimum atomic E-state index is 0.404. The average molecular weight is 307 g/mol. The first-order valence-electron chi connectivity index (χ1n) is 8.49. The van der Waals surface area contributed by atoms with E-state index in [1.54, 1.807) is 0 Å². The van der Waals surface area contributed by atoms with E-state index < -0.39 is 0 Å². The van der Waals surface area contributed by atoms with Gasteiger partial charge in [0.2, 0.25) is 5.89 Å². The molecule has 5 heteroatoms. The number of nitrogens with zero attached hydrogens (tertiary/aromatic N) is 2. The first-order valence-corrected chi connectivity index (χ1v) is 9.65. The highest BCUT2D eigenvalue weighted by molar-refractivity contribution is 7.99. The smallest absolute Gasteiger partial charge is 0.232 e. The lowest BCUT2D eigenvalue weighted by Crippen LogP contribution is -2.34. The number of hydrogen-bond donors (Lipinski definition) is 1. The van der Waals surface area contributed by atoms with E-state index in [0.717, 1.165) is 41.6 Å². The zero-order valence-electron chi connectivity index (χ0n) is 12.8. The van der Waals surface area contributed by atoms with Gasteiger partial charge in [-0.1, -0.05) is 18.5 Å². The topological polar surface area (TPSA) is 51.0 Å². The van der Waals surface area contributed by atoms with Gasteiger partial charge in [0.05, 0.1) is 5.92 Å². The highest BCUT2D eigenvalue weighted by Crippen LogP contribution is 2.52. The molecule has 1 N–H and O–H groups in total. The minimum Gasteiger partial charge on any atom is -0.339 e. The molecule has 21 heavy (non-hydrogen) atoms. The molecule has 2 saturated carbocycles. The van der Waals surface area contributed by atoms with Gasteiger partial charge in [0.1, 0.15) is 0 Å². The molecular formula is C16H25N3OS.